The molecule has 1 aliphatic rings. The number of nitrogens with one attached hydrogen (secondary N) is 1. The largest absolute Gasteiger partial charge is 0.378 e. The highest BCUT2D eigenvalue weighted by Gasteiger charge is 2.20. The van der Waals surface area contributed by atoms with E-state index in [0.29, 0.717) is 11.6 Å². The molecular weight excluding hydrogens is 290 g/mol. The summed E-state index contributed by atoms with van der Waals surface area (Å²) in [6.45, 7) is 1.63. The van der Waals surface area contributed by atoms with Crippen LogP contribution >= 0.6 is 0 Å². The second-order valence-electron chi connectivity index (χ2n) is 5.83. The van der Waals surface area contributed by atoms with Gasteiger partial charge in [-0.1, -0.05) is 0 Å². The highest BCUT2D eigenvalue weighted by molar-refractivity contribution is 5.92. The topological polar surface area (TPSA) is 61.4 Å². The van der Waals surface area contributed by atoms with Crippen molar-refractivity contribution < 1.29 is 4.79 Å². The molecule has 1 fully saturated rings. The van der Waals surface area contributed by atoms with Gasteiger partial charge in [-0.2, -0.15) is 0 Å². The Morgan fingerprint density at radius 3 is 2.48 bits per heavy atom. The van der Waals surface area contributed by atoms with E-state index in [2.05, 4.69) is 15.3 Å². The molecule has 1 saturated heterocycles. The van der Waals surface area contributed by atoms with Crippen LogP contribution in [0.15, 0.2) is 36.5 Å². The number of carbonyl (C=O) groups excluding carboxylic acids is 1. The first-order chi connectivity index (χ1) is 11.1. The molecule has 23 heavy (non-hydrogen) atoms. The highest BCUT2D eigenvalue weighted by Crippen LogP contribution is 2.18. The quantitative estimate of drug-likeness (QED) is 0.940. The number of likely N-dealkylation sites (tertiary alicyclic amines) is 1. The van der Waals surface area contributed by atoms with Crippen molar-refractivity contribution in [1.29, 1.82) is 0 Å². The van der Waals surface area contributed by atoms with E-state index in [1.807, 2.05) is 48.2 Å². The fourth-order valence-electron chi connectivity index (χ4n) is 2.59. The Labute approximate surface area is 136 Å². The first-order valence-corrected chi connectivity index (χ1v) is 7.80. The summed E-state index contributed by atoms with van der Waals surface area (Å²) in [7, 11) is 4.00. The number of hydrogen-bond acceptors (Lipinski definition) is 5. The van der Waals surface area contributed by atoms with Gasteiger partial charge in [0.2, 0.25) is 5.95 Å². The second kappa shape index (κ2) is 6.64. The maximum Gasteiger partial charge on any atom is 0.272 e. The molecule has 6 heteroatoms. The van der Waals surface area contributed by atoms with Crippen molar-refractivity contribution in [3.8, 4) is 0 Å². The van der Waals surface area contributed by atoms with Crippen LogP contribution < -0.4 is 10.2 Å². The molecule has 0 radical (unpaired) electrons. The molecule has 1 aliphatic heterocycles. The van der Waals surface area contributed by atoms with Crippen molar-refractivity contribution in [1.82, 2.24) is 14.9 Å². The molecule has 1 aromatic heterocycles. The molecule has 120 valence electrons. The summed E-state index contributed by atoms with van der Waals surface area (Å²) < 4.78 is 0. The lowest BCUT2D eigenvalue weighted by molar-refractivity contribution is 0.0787. The summed E-state index contributed by atoms with van der Waals surface area (Å²) in [6.07, 6.45) is 3.76. The lowest BCUT2D eigenvalue weighted by atomic mass is 10.2. The Kier molecular flexibility index (Phi) is 4.41. The molecule has 0 bridgehead atoms. The first kappa shape index (κ1) is 15.3. The van der Waals surface area contributed by atoms with E-state index in [9.17, 15) is 4.79 Å². The zero-order chi connectivity index (χ0) is 16.2. The van der Waals surface area contributed by atoms with Crippen LogP contribution in [-0.4, -0.2) is 48.0 Å². The third-order valence-corrected chi connectivity index (χ3v) is 3.91. The van der Waals surface area contributed by atoms with Crippen molar-refractivity contribution in [2.75, 3.05) is 37.4 Å². The Morgan fingerprint density at radius 2 is 1.83 bits per heavy atom. The standard InChI is InChI=1S/C17H21N5O/c1-21(2)14-7-5-13(6-8-14)19-17-18-10-9-15(20-17)16(23)22-11-3-4-12-22/h5-10H,3-4,11-12H2,1-2H3,(H,18,19,20). The van der Waals surface area contributed by atoms with Gasteiger partial charge in [-0.05, 0) is 43.2 Å². The number of nitrogens with zero attached hydrogens (tertiary/aromatic N) is 4. The fraction of sp³-hybridized carbons (Fsp3) is 0.353. The minimum atomic E-state index is -0.0177. The molecule has 1 amide bonds. The molecule has 6 nitrogen and oxygen atoms in total. The Bertz CT molecular complexity index is 678. The molecular formula is C17H21N5O. The van der Waals surface area contributed by atoms with Crippen LogP contribution in [-0.2, 0) is 0 Å². The van der Waals surface area contributed by atoms with E-state index < -0.39 is 0 Å². The average molecular weight is 311 g/mol. The van der Waals surface area contributed by atoms with Crippen LogP contribution in [0, 0.1) is 0 Å². The van der Waals surface area contributed by atoms with Crippen LogP contribution in [0.2, 0.25) is 0 Å². The normalized spacial score (nSPS) is 13.9. The third-order valence-electron chi connectivity index (χ3n) is 3.91. The first-order valence-electron chi connectivity index (χ1n) is 7.80. The second-order valence-corrected chi connectivity index (χ2v) is 5.83. The van der Waals surface area contributed by atoms with Gasteiger partial charge in [0.15, 0.2) is 0 Å². The van der Waals surface area contributed by atoms with Gasteiger partial charge in [0.05, 0.1) is 0 Å². The van der Waals surface area contributed by atoms with E-state index in [4.69, 9.17) is 0 Å². The van der Waals surface area contributed by atoms with Gasteiger partial charge in [0.25, 0.3) is 5.91 Å². The molecule has 0 unspecified atom stereocenters. The number of aromatic nitrogens is 2. The summed E-state index contributed by atoms with van der Waals surface area (Å²) in [5.41, 5.74) is 2.45. The van der Waals surface area contributed by atoms with E-state index >= 15 is 0 Å². The zero-order valence-electron chi connectivity index (χ0n) is 13.5. The van der Waals surface area contributed by atoms with Crippen molar-refractivity contribution >= 4 is 23.2 Å². The number of benzene rings is 1. The van der Waals surface area contributed by atoms with Crippen molar-refractivity contribution in [2.45, 2.75) is 12.8 Å². The van der Waals surface area contributed by atoms with Gasteiger partial charge < -0.3 is 15.1 Å². The maximum atomic E-state index is 12.4. The number of rotatable bonds is 4. The molecule has 2 heterocycles. The molecule has 3 rings (SSSR count). The summed E-state index contributed by atoms with van der Waals surface area (Å²) >= 11 is 0. The van der Waals surface area contributed by atoms with E-state index in [1.54, 1.807) is 12.3 Å². The molecule has 0 spiro atoms. The SMILES string of the molecule is CN(C)c1ccc(Nc2nccc(C(=O)N3CCCC3)n2)cc1. The summed E-state index contributed by atoms with van der Waals surface area (Å²) in [6, 6.07) is 9.63. The van der Waals surface area contributed by atoms with E-state index in [0.717, 1.165) is 37.3 Å². The maximum absolute atomic E-state index is 12.4. The van der Waals surface area contributed by atoms with Gasteiger partial charge in [-0.25, -0.2) is 9.97 Å². The smallest absolute Gasteiger partial charge is 0.272 e. The van der Waals surface area contributed by atoms with E-state index in [1.165, 1.54) is 0 Å². The summed E-state index contributed by atoms with van der Waals surface area (Å²) in [5.74, 6) is 0.420. The van der Waals surface area contributed by atoms with E-state index in [-0.39, 0.29) is 5.91 Å². The van der Waals surface area contributed by atoms with Gasteiger partial charge in [0.1, 0.15) is 5.69 Å². The van der Waals surface area contributed by atoms with Gasteiger partial charge in [-0.3, -0.25) is 4.79 Å². The van der Waals surface area contributed by atoms with Crippen molar-refractivity contribution in [3.05, 3.63) is 42.2 Å². The minimum absolute atomic E-state index is 0.0177. The Hall–Kier alpha value is -2.63. The van der Waals surface area contributed by atoms with Crippen LogP contribution in [0.3, 0.4) is 0 Å². The number of hydrogen-bond donors (Lipinski definition) is 1. The van der Waals surface area contributed by atoms with Gasteiger partial charge in [0, 0.05) is 44.8 Å². The van der Waals surface area contributed by atoms with Gasteiger partial charge >= 0.3 is 0 Å². The molecule has 2 aromatic rings. The summed E-state index contributed by atoms with van der Waals surface area (Å²) in [4.78, 5) is 24.8. The van der Waals surface area contributed by atoms with Crippen LogP contribution in [0.25, 0.3) is 0 Å². The summed E-state index contributed by atoms with van der Waals surface area (Å²) in [5, 5.41) is 3.14. The van der Waals surface area contributed by atoms with Crippen LogP contribution in [0.4, 0.5) is 17.3 Å². The number of amides is 1. The predicted molar refractivity (Wildman–Crippen MR) is 91.2 cm³/mol. The van der Waals surface area contributed by atoms with Crippen LogP contribution in [0.1, 0.15) is 23.3 Å². The van der Waals surface area contributed by atoms with Crippen LogP contribution in [0.5, 0.6) is 0 Å². The molecule has 1 N–H and O–H groups in total. The van der Waals surface area contributed by atoms with Crippen molar-refractivity contribution in [3.63, 3.8) is 0 Å². The molecule has 0 saturated carbocycles. The zero-order valence-corrected chi connectivity index (χ0v) is 13.5. The third kappa shape index (κ3) is 3.59. The lowest BCUT2D eigenvalue weighted by Crippen LogP contribution is -2.28. The van der Waals surface area contributed by atoms with Crippen molar-refractivity contribution in [2.24, 2.45) is 0 Å². The Morgan fingerprint density at radius 1 is 1.13 bits per heavy atom. The minimum Gasteiger partial charge on any atom is -0.378 e. The monoisotopic (exact) mass is 311 g/mol. The predicted octanol–water partition coefficient (Wildman–Crippen LogP) is 2.52. The number of anilines is 3. The highest BCUT2D eigenvalue weighted by atomic mass is 16.2. The molecule has 1 aromatic carbocycles. The lowest BCUT2D eigenvalue weighted by Gasteiger charge is -2.15. The van der Waals surface area contributed by atoms with Gasteiger partial charge in [-0.15, -0.1) is 0 Å². The number of carbonyl (C=O) groups is 1. The fourth-order valence-corrected chi connectivity index (χ4v) is 2.59. The molecule has 0 atom stereocenters. The average Bonchev–Trinajstić information content (AvgIpc) is 3.09. The Balaban J connectivity index is 1.73. The molecule has 0 aliphatic carbocycles.